The number of nitrogens with one attached hydrogen (secondary N) is 1. The molecule has 3 aromatic rings. The molecule has 0 atom stereocenters. The van der Waals surface area contributed by atoms with E-state index in [1.54, 1.807) is 12.3 Å². The number of rotatable bonds is 3. The van der Waals surface area contributed by atoms with Gasteiger partial charge in [-0.15, -0.1) is 0 Å². The number of halogens is 2. The van der Waals surface area contributed by atoms with Crippen LogP contribution in [0.1, 0.15) is 5.56 Å². The highest BCUT2D eigenvalue weighted by Crippen LogP contribution is 2.26. The molecule has 0 radical (unpaired) electrons. The zero-order valence-electron chi connectivity index (χ0n) is 10.6. The highest BCUT2D eigenvalue weighted by Gasteiger charge is 2.02. The average molecular weight is 303 g/mol. The molecule has 0 spiro atoms. The Morgan fingerprint density at radius 1 is 1.00 bits per heavy atom. The van der Waals surface area contributed by atoms with Gasteiger partial charge in [-0.2, -0.15) is 0 Å². The van der Waals surface area contributed by atoms with E-state index in [-0.39, 0.29) is 0 Å². The third-order valence-corrected chi connectivity index (χ3v) is 3.63. The first-order chi connectivity index (χ1) is 9.72. The first-order valence-electron chi connectivity index (χ1n) is 6.25. The standard InChI is InChI=1S/C16H12Cl2N2/c17-13-4-6-16(14(18)9-13)20-10-11-3-5-15-12(8-11)2-1-7-19-15/h1-9,20H,10H2. The van der Waals surface area contributed by atoms with E-state index in [0.717, 1.165) is 16.6 Å². The second-order valence-electron chi connectivity index (χ2n) is 4.51. The Labute approximate surface area is 127 Å². The molecule has 0 amide bonds. The van der Waals surface area contributed by atoms with Gasteiger partial charge in [0.15, 0.2) is 0 Å². The summed E-state index contributed by atoms with van der Waals surface area (Å²) in [4.78, 5) is 4.31. The lowest BCUT2D eigenvalue weighted by Gasteiger charge is -2.09. The number of aromatic nitrogens is 1. The maximum atomic E-state index is 6.13. The summed E-state index contributed by atoms with van der Waals surface area (Å²) in [6.07, 6.45) is 1.80. The van der Waals surface area contributed by atoms with E-state index in [1.807, 2.05) is 24.3 Å². The van der Waals surface area contributed by atoms with Gasteiger partial charge in [0, 0.05) is 23.2 Å². The van der Waals surface area contributed by atoms with Gasteiger partial charge in [0.1, 0.15) is 0 Å². The van der Waals surface area contributed by atoms with Crippen LogP contribution in [0.15, 0.2) is 54.7 Å². The van der Waals surface area contributed by atoms with Crippen LogP contribution in [0.2, 0.25) is 10.0 Å². The summed E-state index contributed by atoms with van der Waals surface area (Å²) in [6.45, 7) is 0.701. The quantitative estimate of drug-likeness (QED) is 0.723. The fourth-order valence-electron chi connectivity index (χ4n) is 2.07. The molecule has 2 aromatic carbocycles. The highest BCUT2D eigenvalue weighted by atomic mass is 35.5. The van der Waals surface area contributed by atoms with Gasteiger partial charge in [-0.1, -0.05) is 35.3 Å². The zero-order chi connectivity index (χ0) is 13.9. The highest BCUT2D eigenvalue weighted by molar-refractivity contribution is 6.36. The maximum absolute atomic E-state index is 6.13. The lowest BCUT2D eigenvalue weighted by Crippen LogP contribution is -1.99. The Morgan fingerprint density at radius 3 is 2.75 bits per heavy atom. The summed E-state index contributed by atoms with van der Waals surface area (Å²) in [6, 6.07) is 15.6. The van der Waals surface area contributed by atoms with E-state index < -0.39 is 0 Å². The van der Waals surface area contributed by atoms with Gasteiger partial charge < -0.3 is 5.32 Å². The van der Waals surface area contributed by atoms with Crippen molar-refractivity contribution in [3.8, 4) is 0 Å². The van der Waals surface area contributed by atoms with Gasteiger partial charge in [0.05, 0.1) is 16.2 Å². The molecule has 0 fully saturated rings. The number of hydrogen-bond acceptors (Lipinski definition) is 2. The summed E-state index contributed by atoms with van der Waals surface area (Å²) < 4.78 is 0. The molecule has 2 nitrogen and oxygen atoms in total. The van der Waals surface area contributed by atoms with Crippen molar-refractivity contribution in [1.29, 1.82) is 0 Å². The van der Waals surface area contributed by atoms with Crippen molar-refractivity contribution in [3.05, 3.63) is 70.3 Å². The average Bonchev–Trinajstić information content (AvgIpc) is 2.46. The van der Waals surface area contributed by atoms with Gasteiger partial charge in [-0.25, -0.2) is 0 Å². The van der Waals surface area contributed by atoms with Crippen molar-refractivity contribution in [2.45, 2.75) is 6.54 Å². The first-order valence-corrected chi connectivity index (χ1v) is 7.00. The summed E-state index contributed by atoms with van der Waals surface area (Å²) in [7, 11) is 0. The number of nitrogens with zero attached hydrogens (tertiary/aromatic N) is 1. The molecule has 100 valence electrons. The van der Waals surface area contributed by atoms with Crippen LogP contribution in [0.3, 0.4) is 0 Å². The van der Waals surface area contributed by atoms with E-state index in [1.165, 1.54) is 5.56 Å². The van der Waals surface area contributed by atoms with E-state index in [4.69, 9.17) is 23.2 Å². The molecule has 1 heterocycles. The molecule has 0 saturated carbocycles. The Hall–Kier alpha value is -1.77. The fourth-order valence-corrected chi connectivity index (χ4v) is 2.54. The minimum Gasteiger partial charge on any atom is -0.380 e. The minimum absolute atomic E-state index is 0.625. The Bertz CT molecular complexity index is 756. The van der Waals surface area contributed by atoms with Crippen molar-refractivity contribution in [2.24, 2.45) is 0 Å². The molecular weight excluding hydrogens is 291 g/mol. The molecule has 0 aliphatic rings. The van der Waals surface area contributed by atoms with E-state index >= 15 is 0 Å². The van der Waals surface area contributed by atoms with Crippen LogP contribution in [-0.2, 0) is 6.54 Å². The first kappa shape index (κ1) is 13.2. The lowest BCUT2D eigenvalue weighted by atomic mass is 10.1. The third kappa shape index (κ3) is 2.87. The van der Waals surface area contributed by atoms with Gasteiger partial charge in [0.2, 0.25) is 0 Å². The normalized spacial score (nSPS) is 10.7. The van der Waals surface area contributed by atoms with Crippen molar-refractivity contribution >= 4 is 39.8 Å². The predicted molar refractivity (Wildman–Crippen MR) is 85.5 cm³/mol. The van der Waals surface area contributed by atoms with Crippen molar-refractivity contribution in [1.82, 2.24) is 4.98 Å². The molecule has 0 aliphatic heterocycles. The van der Waals surface area contributed by atoms with Crippen LogP contribution in [0.25, 0.3) is 10.9 Å². The van der Waals surface area contributed by atoms with Gasteiger partial charge in [-0.3, -0.25) is 4.98 Å². The molecule has 4 heteroatoms. The minimum atomic E-state index is 0.625. The molecule has 0 unspecified atom stereocenters. The van der Waals surface area contributed by atoms with Crippen LogP contribution in [0.4, 0.5) is 5.69 Å². The van der Waals surface area contributed by atoms with Crippen molar-refractivity contribution < 1.29 is 0 Å². The number of benzene rings is 2. The second kappa shape index (κ2) is 5.70. The van der Waals surface area contributed by atoms with Crippen molar-refractivity contribution in [2.75, 3.05) is 5.32 Å². The van der Waals surface area contributed by atoms with Gasteiger partial charge in [0.25, 0.3) is 0 Å². The Balaban J connectivity index is 1.79. The molecule has 20 heavy (non-hydrogen) atoms. The van der Waals surface area contributed by atoms with E-state index in [2.05, 4.69) is 28.5 Å². The Kier molecular flexibility index (Phi) is 3.77. The zero-order valence-corrected chi connectivity index (χ0v) is 12.1. The summed E-state index contributed by atoms with van der Waals surface area (Å²) in [5.41, 5.74) is 3.06. The maximum Gasteiger partial charge on any atom is 0.0702 e. The van der Waals surface area contributed by atoms with E-state index in [9.17, 15) is 0 Å². The molecular formula is C16H12Cl2N2. The van der Waals surface area contributed by atoms with Gasteiger partial charge in [-0.05, 0) is 42.0 Å². The van der Waals surface area contributed by atoms with Gasteiger partial charge >= 0.3 is 0 Å². The van der Waals surface area contributed by atoms with Crippen LogP contribution >= 0.6 is 23.2 Å². The number of anilines is 1. The summed E-state index contributed by atoms with van der Waals surface area (Å²) >= 11 is 12.0. The largest absolute Gasteiger partial charge is 0.380 e. The number of pyridine rings is 1. The smallest absolute Gasteiger partial charge is 0.0702 e. The molecule has 1 aromatic heterocycles. The predicted octanol–water partition coefficient (Wildman–Crippen LogP) is 5.15. The monoisotopic (exact) mass is 302 g/mol. The fraction of sp³-hybridized carbons (Fsp3) is 0.0625. The second-order valence-corrected chi connectivity index (χ2v) is 5.35. The summed E-state index contributed by atoms with van der Waals surface area (Å²) in [5.74, 6) is 0. The molecule has 0 saturated heterocycles. The molecule has 0 aliphatic carbocycles. The topological polar surface area (TPSA) is 24.9 Å². The van der Waals surface area contributed by atoms with Crippen LogP contribution in [0.5, 0.6) is 0 Å². The van der Waals surface area contributed by atoms with Crippen LogP contribution in [-0.4, -0.2) is 4.98 Å². The third-order valence-electron chi connectivity index (χ3n) is 3.08. The van der Waals surface area contributed by atoms with E-state index in [0.29, 0.717) is 16.6 Å². The Morgan fingerprint density at radius 2 is 1.90 bits per heavy atom. The molecule has 1 N–H and O–H groups in total. The number of fused-ring (bicyclic) bond motifs is 1. The van der Waals surface area contributed by atoms with Crippen LogP contribution in [0, 0.1) is 0 Å². The van der Waals surface area contributed by atoms with Crippen molar-refractivity contribution in [3.63, 3.8) is 0 Å². The molecule has 3 rings (SSSR count). The van der Waals surface area contributed by atoms with Crippen LogP contribution < -0.4 is 5.32 Å². The SMILES string of the molecule is Clc1ccc(NCc2ccc3ncccc3c2)c(Cl)c1. The lowest BCUT2D eigenvalue weighted by molar-refractivity contribution is 1.15. The summed E-state index contributed by atoms with van der Waals surface area (Å²) in [5, 5.41) is 5.70. The molecule has 0 bridgehead atoms. The number of hydrogen-bond donors (Lipinski definition) is 1.